The molecule has 0 bridgehead atoms. The molecule has 6 rings (SSSR count). The Hall–Kier alpha value is -4.61. The lowest BCUT2D eigenvalue weighted by molar-refractivity contribution is -0.138. The van der Waals surface area contributed by atoms with Crippen molar-refractivity contribution >= 4 is 17.9 Å². The molecule has 1 saturated heterocycles. The minimum Gasteiger partial charge on any atom is -0.478 e. The minimum atomic E-state index is -4.71. The van der Waals surface area contributed by atoms with Crippen LogP contribution in [0.2, 0.25) is 0 Å². The Morgan fingerprint density at radius 1 is 0.953 bits per heavy atom. The van der Waals surface area contributed by atoms with Crippen LogP contribution in [0.1, 0.15) is 51.6 Å². The summed E-state index contributed by atoms with van der Waals surface area (Å²) in [6.07, 6.45) is -2.41. The van der Waals surface area contributed by atoms with Crippen molar-refractivity contribution in [3.05, 3.63) is 94.9 Å². The molecule has 0 radical (unpaired) electrons. The van der Waals surface area contributed by atoms with E-state index in [2.05, 4.69) is 10.1 Å². The molecule has 2 aromatic carbocycles. The minimum absolute atomic E-state index is 0.0407. The van der Waals surface area contributed by atoms with Crippen molar-refractivity contribution in [2.75, 3.05) is 18.0 Å². The van der Waals surface area contributed by atoms with Gasteiger partial charge in [0, 0.05) is 47.8 Å². The number of carboxylic acid groups (broad SMARTS) is 1. The number of aromatic carboxylic acids is 1. The van der Waals surface area contributed by atoms with Crippen molar-refractivity contribution < 1.29 is 40.8 Å². The second kappa shape index (κ2) is 10.6. The van der Waals surface area contributed by atoms with Crippen LogP contribution in [0.4, 0.5) is 32.2 Å². The maximum Gasteiger partial charge on any atom is 0.417 e. The first-order valence-corrected chi connectivity index (χ1v) is 13.4. The average Bonchev–Trinajstić information content (AvgIpc) is 3.70. The smallest absolute Gasteiger partial charge is 0.417 e. The lowest BCUT2D eigenvalue weighted by Gasteiger charge is -2.38. The highest BCUT2D eigenvalue weighted by Crippen LogP contribution is 2.46. The Kier molecular flexibility index (Phi) is 7.02. The van der Waals surface area contributed by atoms with Gasteiger partial charge in [0.25, 0.3) is 0 Å². The zero-order valence-corrected chi connectivity index (χ0v) is 22.3. The van der Waals surface area contributed by atoms with Gasteiger partial charge in [-0.2, -0.15) is 26.3 Å². The molecule has 1 N–H and O–H groups in total. The van der Waals surface area contributed by atoms with Crippen LogP contribution in [0.5, 0.6) is 0 Å². The third kappa shape index (κ3) is 5.86. The maximum atomic E-state index is 13.7. The van der Waals surface area contributed by atoms with Gasteiger partial charge in [0.15, 0.2) is 0 Å². The van der Waals surface area contributed by atoms with Gasteiger partial charge in [-0.25, -0.2) is 9.78 Å². The molecule has 1 aliphatic carbocycles. The van der Waals surface area contributed by atoms with Crippen molar-refractivity contribution in [2.45, 2.75) is 31.1 Å². The summed E-state index contributed by atoms with van der Waals surface area (Å²) in [5, 5.41) is 13.3. The number of carboxylic acids is 1. The molecule has 3 heterocycles. The number of halogens is 6. The Labute approximate surface area is 241 Å². The summed E-state index contributed by atoms with van der Waals surface area (Å²) in [4.78, 5) is 17.7. The molecule has 2 aliphatic rings. The molecule has 0 atom stereocenters. The standard InChI is InChI=1S/C31H23F6N3O3/c32-30(33,34)22-12-20(11-21(13-22)29(41)42)19-8-10-26(38-14-19)40-15-17(16-40)5-9-24-27(39-43-28(24)18-6-7-18)23-3-1-2-4-25(23)31(35,36)37/h1-5,8-14,17-18H,6-7,15-16H2,(H,41,42). The molecule has 1 aliphatic heterocycles. The van der Waals surface area contributed by atoms with Gasteiger partial charge in [0.05, 0.1) is 16.7 Å². The number of rotatable bonds is 7. The number of alkyl halides is 6. The van der Waals surface area contributed by atoms with E-state index in [0.29, 0.717) is 41.9 Å². The van der Waals surface area contributed by atoms with E-state index in [4.69, 9.17) is 4.52 Å². The molecule has 2 aromatic heterocycles. The fraction of sp³-hybridized carbons (Fsp3) is 0.258. The predicted molar refractivity (Wildman–Crippen MR) is 145 cm³/mol. The maximum absolute atomic E-state index is 13.7. The van der Waals surface area contributed by atoms with Gasteiger partial charge in [-0.1, -0.05) is 35.5 Å². The van der Waals surface area contributed by atoms with E-state index in [1.807, 2.05) is 11.0 Å². The zero-order valence-electron chi connectivity index (χ0n) is 22.3. The van der Waals surface area contributed by atoms with Crippen molar-refractivity contribution in [1.29, 1.82) is 0 Å². The molecule has 0 amide bonds. The van der Waals surface area contributed by atoms with Crippen LogP contribution in [-0.4, -0.2) is 34.3 Å². The van der Waals surface area contributed by atoms with Crippen molar-refractivity contribution in [1.82, 2.24) is 10.1 Å². The summed E-state index contributed by atoms with van der Waals surface area (Å²) in [6.45, 7) is 1.13. The van der Waals surface area contributed by atoms with Gasteiger partial charge in [0.2, 0.25) is 0 Å². The number of nitrogens with zero attached hydrogens (tertiary/aromatic N) is 3. The molecular formula is C31H23F6N3O3. The summed E-state index contributed by atoms with van der Waals surface area (Å²) >= 11 is 0. The summed E-state index contributed by atoms with van der Waals surface area (Å²) in [6, 6.07) is 11.1. The van der Waals surface area contributed by atoms with E-state index in [0.717, 1.165) is 25.0 Å². The van der Waals surface area contributed by atoms with Crippen LogP contribution in [0.15, 0.2) is 71.4 Å². The van der Waals surface area contributed by atoms with Crippen LogP contribution in [0, 0.1) is 5.92 Å². The van der Waals surface area contributed by atoms with Gasteiger partial charge in [-0.3, -0.25) is 0 Å². The summed E-state index contributed by atoms with van der Waals surface area (Å²) in [7, 11) is 0. The number of pyridine rings is 1. The second-order valence-corrected chi connectivity index (χ2v) is 10.7. The predicted octanol–water partition coefficient (Wildman–Crippen LogP) is 8.17. The SMILES string of the molecule is O=C(O)c1cc(-c2ccc(N3CC(C=Cc4c(-c5ccccc5C(F)(F)F)noc4C4CC4)C3)nc2)cc(C(F)(F)F)c1. The van der Waals surface area contributed by atoms with Gasteiger partial charge >= 0.3 is 18.3 Å². The van der Waals surface area contributed by atoms with Crippen molar-refractivity contribution in [2.24, 2.45) is 5.92 Å². The molecule has 1 saturated carbocycles. The topological polar surface area (TPSA) is 79.5 Å². The highest BCUT2D eigenvalue weighted by Gasteiger charge is 2.37. The van der Waals surface area contributed by atoms with E-state index >= 15 is 0 Å². The molecule has 0 spiro atoms. The third-order valence-electron chi connectivity index (χ3n) is 7.55. The molecular weight excluding hydrogens is 576 g/mol. The van der Waals surface area contributed by atoms with E-state index in [1.54, 1.807) is 18.2 Å². The third-order valence-corrected chi connectivity index (χ3v) is 7.55. The lowest BCUT2D eigenvalue weighted by Crippen LogP contribution is -2.46. The van der Waals surface area contributed by atoms with Crippen LogP contribution in [0.3, 0.4) is 0 Å². The number of hydrogen-bond donors (Lipinski definition) is 1. The number of hydrogen-bond acceptors (Lipinski definition) is 5. The van der Waals surface area contributed by atoms with Gasteiger partial charge in [-0.15, -0.1) is 0 Å². The number of aromatic nitrogens is 2. The molecule has 43 heavy (non-hydrogen) atoms. The summed E-state index contributed by atoms with van der Waals surface area (Å²) in [5.41, 5.74) is -1.25. The quantitative estimate of drug-likeness (QED) is 0.216. The largest absolute Gasteiger partial charge is 0.478 e. The number of carbonyl (C=O) groups is 1. The monoisotopic (exact) mass is 599 g/mol. The van der Waals surface area contributed by atoms with Crippen LogP contribution >= 0.6 is 0 Å². The molecule has 4 aromatic rings. The highest BCUT2D eigenvalue weighted by molar-refractivity contribution is 5.90. The Morgan fingerprint density at radius 3 is 2.33 bits per heavy atom. The van der Waals surface area contributed by atoms with Gasteiger partial charge in [-0.05, 0) is 54.8 Å². The fourth-order valence-electron chi connectivity index (χ4n) is 5.12. The van der Waals surface area contributed by atoms with Gasteiger partial charge in [0.1, 0.15) is 17.3 Å². The van der Waals surface area contributed by atoms with E-state index in [9.17, 15) is 36.2 Å². The highest BCUT2D eigenvalue weighted by atomic mass is 19.4. The first kappa shape index (κ1) is 28.5. The fourth-order valence-corrected chi connectivity index (χ4v) is 5.12. The molecule has 6 nitrogen and oxygen atoms in total. The average molecular weight is 600 g/mol. The number of anilines is 1. The second-order valence-electron chi connectivity index (χ2n) is 10.7. The molecule has 222 valence electrons. The van der Waals surface area contributed by atoms with Crippen LogP contribution in [-0.2, 0) is 12.4 Å². The zero-order chi connectivity index (χ0) is 30.5. The first-order valence-electron chi connectivity index (χ1n) is 13.4. The Balaban J connectivity index is 1.18. The van der Waals surface area contributed by atoms with Crippen LogP contribution in [0.25, 0.3) is 28.5 Å². The molecule has 0 unspecified atom stereocenters. The molecule has 2 fully saturated rings. The molecule has 12 heteroatoms. The first-order chi connectivity index (χ1) is 20.4. The van der Waals surface area contributed by atoms with E-state index in [-0.39, 0.29) is 28.7 Å². The number of benzene rings is 2. The lowest BCUT2D eigenvalue weighted by atomic mass is 9.95. The van der Waals surface area contributed by atoms with Gasteiger partial charge < -0.3 is 14.5 Å². The van der Waals surface area contributed by atoms with Crippen LogP contribution < -0.4 is 4.90 Å². The Morgan fingerprint density at radius 2 is 1.70 bits per heavy atom. The summed E-state index contributed by atoms with van der Waals surface area (Å²) in [5.74, 6) is -0.109. The van der Waals surface area contributed by atoms with Crippen molar-refractivity contribution in [3.8, 4) is 22.4 Å². The normalized spacial score (nSPS) is 16.1. The Bertz CT molecular complexity index is 1700. The van der Waals surface area contributed by atoms with Crippen molar-refractivity contribution in [3.63, 3.8) is 0 Å². The summed E-state index contributed by atoms with van der Waals surface area (Å²) < 4.78 is 86.5. The van der Waals surface area contributed by atoms with E-state index in [1.165, 1.54) is 30.5 Å². The van der Waals surface area contributed by atoms with E-state index < -0.39 is 35.0 Å².